The zero-order chi connectivity index (χ0) is 14.3. The Hall–Kier alpha value is -0.830. The summed E-state index contributed by atoms with van der Waals surface area (Å²) >= 11 is 0. The monoisotopic (exact) mass is 265 g/mol. The number of hydrogen-bond acceptors (Lipinski definition) is 2. The zero-order valence-electron chi connectivity index (χ0n) is 13.4. The molecule has 0 aliphatic heterocycles. The second-order valence-corrected chi connectivity index (χ2v) is 6.35. The molecule has 110 valence electrons. The molecule has 0 saturated heterocycles. The number of nitrogens with zero attached hydrogens (tertiary/aromatic N) is 2. The zero-order valence-corrected chi connectivity index (χ0v) is 13.4. The summed E-state index contributed by atoms with van der Waals surface area (Å²) in [6.45, 7) is 11.2. The van der Waals surface area contributed by atoms with Gasteiger partial charge in [0.15, 0.2) is 0 Å². The third kappa shape index (κ3) is 5.77. The SMILES string of the molecule is CCCCCC(C)(C)CNCc1cn(C)nc1CC. The van der Waals surface area contributed by atoms with Crippen molar-refractivity contribution in [1.82, 2.24) is 15.1 Å². The highest BCUT2D eigenvalue weighted by molar-refractivity contribution is 5.16. The van der Waals surface area contributed by atoms with Crippen LogP contribution in [0, 0.1) is 5.41 Å². The molecule has 0 aliphatic rings. The largest absolute Gasteiger partial charge is 0.312 e. The Balaban J connectivity index is 2.36. The predicted molar refractivity (Wildman–Crippen MR) is 82.2 cm³/mol. The van der Waals surface area contributed by atoms with Crippen LogP contribution in [0.25, 0.3) is 0 Å². The molecule has 0 spiro atoms. The molecule has 0 radical (unpaired) electrons. The average Bonchev–Trinajstić information content (AvgIpc) is 2.69. The summed E-state index contributed by atoms with van der Waals surface area (Å²) in [6.07, 6.45) is 8.46. The van der Waals surface area contributed by atoms with Crippen LogP contribution in [0.1, 0.15) is 64.6 Å². The lowest BCUT2D eigenvalue weighted by Gasteiger charge is -2.25. The Bertz CT molecular complexity index is 366. The molecular formula is C16H31N3. The first-order valence-electron chi connectivity index (χ1n) is 7.70. The predicted octanol–water partition coefficient (Wildman–Crippen LogP) is 3.68. The van der Waals surface area contributed by atoms with Gasteiger partial charge in [0.1, 0.15) is 0 Å². The van der Waals surface area contributed by atoms with Crippen LogP contribution in [-0.2, 0) is 20.0 Å². The van der Waals surface area contributed by atoms with Crippen molar-refractivity contribution in [3.8, 4) is 0 Å². The molecule has 3 nitrogen and oxygen atoms in total. The van der Waals surface area contributed by atoms with E-state index in [0.717, 1.165) is 19.5 Å². The second kappa shape index (κ2) is 7.68. The fourth-order valence-corrected chi connectivity index (χ4v) is 2.51. The summed E-state index contributed by atoms with van der Waals surface area (Å²) in [6, 6.07) is 0. The molecule has 3 heteroatoms. The van der Waals surface area contributed by atoms with Crippen LogP contribution in [-0.4, -0.2) is 16.3 Å². The maximum atomic E-state index is 4.48. The maximum absolute atomic E-state index is 4.48. The van der Waals surface area contributed by atoms with Crippen LogP contribution in [0.4, 0.5) is 0 Å². The highest BCUT2D eigenvalue weighted by Gasteiger charge is 2.17. The van der Waals surface area contributed by atoms with Crippen molar-refractivity contribution in [1.29, 1.82) is 0 Å². The minimum atomic E-state index is 0.393. The van der Waals surface area contributed by atoms with E-state index in [1.54, 1.807) is 0 Å². The molecule has 0 amide bonds. The summed E-state index contributed by atoms with van der Waals surface area (Å²) in [5, 5.41) is 8.09. The molecule has 19 heavy (non-hydrogen) atoms. The summed E-state index contributed by atoms with van der Waals surface area (Å²) < 4.78 is 1.92. The molecular weight excluding hydrogens is 234 g/mol. The van der Waals surface area contributed by atoms with Gasteiger partial charge in [-0.2, -0.15) is 5.10 Å². The van der Waals surface area contributed by atoms with E-state index in [-0.39, 0.29) is 0 Å². The number of aryl methyl sites for hydroxylation is 2. The van der Waals surface area contributed by atoms with Gasteiger partial charge in [-0.1, -0.05) is 47.0 Å². The normalized spacial score (nSPS) is 12.1. The van der Waals surface area contributed by atoms with Gasteiger partial charge < -0.3 is 5.32 Å². The lowest BCUT2D eigenvalue weighted by Crippen LogP contribution is -2.29. The van der Waals surface area contributed by atoms with Crippen molar-refractivity contribution in [3.05, 3.63) is 17.5 Å². The Labute approximate surface area is 118 Å². The van der Waals surface area contributed by atoms with Gasteiger partial charge in [-0.25, -0.2) is 0 Å². The fourth-order valence-electron chi connectivity index (χ4n) is 2.51. The Morgan fingerprint density at radius 2 is 2.00 bits per heavy atom. The summed E-state index contributed by atoms with van der Waals surface area (Å²) in [5.41, 5.74) is 2.96. The molecule has 0 aromatic carbocycles. The smallest absolute Gasteiger partial charge is 0.0666 e. The third-order valence-corrected chi connectivity index (χ3v) is 3.70. The first-order valence-corrected chi connectivity index (χ1v) is 7.70. The number of unbranched alkanes of at least 4 members (excludes halogenated alkanes) is 2. The van der Waals surface area contributed by atoms with Gasteiger partial charge in [-0.05, 0) is 18.3 Å². The number of aromatic nitrogens is 2. The molecule has 0 unspecified atom stereocenters. The molecule has 1 aromatic heterocycles. The molecule has 1 heterocycles. The maximum Gasteiger partial charge on any atom is 0.0666 e. The summed E-state index contributed by atoms with van der Waals surface area (Å²) in [4.78, 5) is 0. The molecule has 0 aliphatic carbocycles. The van der Waals surface area contributed by atoms with Crippen LogP contribution < -0.4 is 5.32 Å². The summed E-state index contributed by atoms with van der Waals surface area (Å²) in [7, 11) is 2.00. The van der Waals surface area contributed by atoms with E-state index in [0.29, 0.717) is 5.41 Å². The van der Waals surface area contributed by atoms with E-state index in [2.05, 4.69) is 44.3 Å². The molecule has 1 rings (SSSR count). The number of nitrogens with one attached hydrogen (secondary N) is 1. The molecule has 1 aromatic rings. The van der Waals surface area contributed by atoms with Gasteiger partial charge in [-0.15, -0.1) is 0 Å². The van der Waals surface area contributed by atoms with Gasteiger partial charge in [-0.3, -0.25) is 4.68 Å². The molecule has 0 saturated carbocycles. The van der Waals surface area contributed by atoms with E-state index >= 15 is 0 Å². The van der Waals surface area contributed by atoms with Crippen molar-refractivity contribution in [2.45, 2.75) is 66.3 Å². The van der Waals surface area contributed by atoms with Crippen LogP contribution in [0.2, 0.25) is 0 Å². The Morgan fingerprint density at radius 3 is 2.63 bits per heavy atom. The van der Waals surface area contributed by atoms with Gasteiger partial charge in [0.25, 0.3) is 0 Å². The van der Waals surface area contributed by atoms with Gasteiger partial charge in [0.05, 0.1) is 5.69 Å². The minimum absolute atomic E-state index is 0.393. The molecule has 1 N–H and O–H groups in total. The number of rotatable bonds is 9. The lowest BCUT2D eigenvalue weighted by molar-refractivity contribution is 0.302. The van der Waals surface area contributed by atoms with Crippen molar-refractivity contribution >= 4 is 0 Å². The quantitative estimate of drug-likeness (QED) is 0.690. The highest BCUT2D eigenvalue weighted by atomic mass is 15.3. The lowest BCUT2D eigenvalue weighted by atomic mass is 9.87. The molecule has 0 atom stereocenters. The van der Waals surface area contributed by atoms with Crippen LogP contribution in [0.15, 0.2) is 6.20 Å². The van der Waals surface area contributed by atoms with E-state index < -0.39 is 0 Å². The van der Waals surface area contributed by atoms with Gasteiger partial charge in [0, 0.05) is 31.9 Å². The Kier molecular flexibility index (Phi) is 6.56. The van der Waals surface area contributed by atoms with Crippen molar-refractivity contribution in [3.63, 3.8) is 0 Å². The van der Waals surface area contributed by atoms with Gasteiger partial charge >= 0.3 is 0 Å². The molecule has 0 bridgehead atoms. The number of hydrogen-bond donors (Lipinski definition) is 1. The second-order valence-electron chi connectivity index (χ2n) is 6.35. The first-order chi connectivity index (χ1) is 8.98. The van der Waals surface area contributed by atoms with Crippen LogP contribution in [0.3, 0.4) is 0 Å². The van der Waals surface area contributed by atoms with Crippen LogP contribution >= 0.6 is 0 Å². The van der Waals surface area contributed by atoms with E-state index in [4.69, 9.17) is 0 Å². The van der Waals surface area contributed by atoms with Crippen molar-refractivity contribution in [2.24, 2.45) is 12.5 Å². The molecule has 0 fully saturated rings. The minimum Gasteiger partial charge on any atom is -0.312 e. The van der Waals surface area contributed by atoms with Crippen molar-refractivity contribution < 1.29 is 0 Å². The van der Waals surface area contributed by atoms with E-state index in [9.17, 15) is 0 Å². The Morgan fingerprint density at radius 1 is 1.26 bits per heavy atom. The topological polar surface area (TPSA) is 29.9 Å². The fraction of sp³-hybridized carbons (Fsp3) is 0.812. The summed E-state index contributed by atoms with van der Waals surface area (Å²) in [5.74, 6) is 0. The standard InChI is InChI=1S/C16H31N3/c1-6-8-9-10-16(3,4)13-17-11-14-12-19(5)18-15(14)7-2/h12,17H,6-11,13H2,1-5H3. The van der Waals surface area contributed by atoms with E-state index in [1.165, 1.54) is 36.9 Å². The van der Waals surface area contributed by atoms with E-state index in [1.807, 2.05) is 11.7 Å². The highest BCUT2D eigenvalue weighted by Crippen LogP contribution is 2.22. The first kappa shape index (κ1) is 16.2. The average molecular weight is 265 g/mol. The third-order valence-electron chi connectivity index (χ3n) is 3.70. The van der Waals surface area contributed by atoms with Gasteiger partial charge in [0.2, 0.25) is 0 Å². The van der Waals surface area contributed by atoms with Crippen LogP contribution in [0.5, 0.6) is 0 Å². The van der Waals surface area contributed by atoms with Crippen molar-refractivity contribution in [2.75, 3.05) is 6.54 Å².